The number of nitrogens with one attached hydrogen (secondary N) is 1. The molecule has 0 heterocycles. The smallest absolute Gasteiger partial charge is 0.265 e. The minimum Gasteiger partial charge on any atom is -0.386 e. The number of hydrogen-bond donors (Lipinski definition) is 2. The molecule has 16 heavy (non-hydrogen) atoms. The van der Waals surface area contributed by atoms with Gasteiger partial charge in [0.15, 0.2) is 0 Å². The van der Waals surface area contributed by atoms with Gasteiger partial charge in [0.2, 0.25) is 0 Å². The van der Waals surface area contributed by atoms with Crippen LogP contribution in [0.2, 0.25) is 0 Å². The predicted octanol–water partition coefficient (Wildman–Crippen LogP) is 2.02. The third-order valence-corrected chi connectivity index (χ3v) is 2.54. The fourth-order valence-corrected chi connectivity index (χ4v) is 1.37. The average Bonchev–Trinajstić information content (AvgIpc) is 2.23. The lowest BCUT2D eigenvalue weighted by Gasteiger charge is -2.11. The molecule has 1 unspecified atom stereocenters. The van der Waals surface area contributed by atoms with Crippen molar-refractivity contribution in [3.05, 3.63) is 34.9 Å². The minimum atomic E-state index is -2.69. The summed E-state index contributed by atoms with van der Waals surface area (Å²) in [7, 11) is 0. The molecule has 0 spiro atoms. The first-order chi connectivity index (χ1) is 7.50. The van der Waals surface area contributed by atoms with Gasteiger partial charge in [-0.1, -0.05) is 18.2 Å². The summed E-state index contributed by atoms with van der Waals surface area (Å²) in [6.45, 7) is 4.43. The summed E-state index contributed by atoms with van der Waals surface area (Å²) >= 11 is 0. The zero-order chi connectivity index (χ0) is 12.1. The Labute approximate surface area is 94.3 Å². The molecule has 0 aliphatic heterocycles. The van der Waals surface area contributed by atoms with Crippen LogP contribution in [-0.4, -0.2) is 24.2 Å². The molecule has 2 N–H and O–H groups in total. The summed E-state index contributed by atoms with van der Waals surface area (Å²) in [5, 5.41) is 11.7. The van der Waals surface area contributed by atoms with Gasteiger partial charge in [-0.25, -0.2) is 8.78 Å². The first-order valence-corrected chi connectivity index (χ1v) is 5.23. The molecule has 90 valence electrons. The summed E-state index contributed by atoms with van der Waals surface area (Å²) in [5.41, 5.74) is 3.41. The van der Waals surface area contributed by atoms with Crippen LogP contribution in [0.5, 0.6) is 0 Å². The van der Waals surface area contributed by atoms with Gasteiger partial charge in [-0.15, -0.1) is 0 Å². The van der Waals surface area contributed by atoms with E-state index in [1.165, 1.54) is 11.1 Å². The van der Waals surface area contributed by atoms with E-state index in [4.69, 9.17) is 5.11 Å². The second kappa shape index (κ2) is 5.92. The summed E-state index contributed by atoms with van der Waals surface area (Å²) < 4.78 is 24.0. The second-order valence-electron chi connectivity index (χ2n) is 3.95. The number of benzene rings is 1. The van der Waals surface area contributed by atoms with Crippen molar-refractivity contribution in [1.29, 1.82) is 0 Å². The van der Waals surface area contributed by atoms with Gasteiger partial charge in [0, 0.05) is 13.1 Å². The van der Waals surface area contributed by atoms with E-state index in [0.717, 1.165) is 5.56 Å². The van der Waals surface area contributed by atoms with Gasteiger partial charge >= 0.3 is 0 Å². The zero-order valence-corrected chi connectivity index (χ0v) is 9.50. The molecule has 0 bridgehead atoms. The van der Waals surface area contributed by atoms with Gasteiger partial charge < -0.3 is 10.4 Å². The Kier molecular flexibility index (Phi) is 4.83. The topological polar surface area (TPSA) is 32.3 Å². The van der Waals surface area contributed by atoms with Crippen LogP contribution in [0.1, 0.15) is 16.7 Å². The molecule has 1 aromatic carbocycles. The van der Waals surface area contributed by atoms with E-state index in [2.05, 4.69) is 5.32 Å². The zero-order valence-electron chi connectivity index (χ0n) is 9.50. The van der Waals surface area contributed by atoms with Gasteiger partial charge in [-0.3, -0.25) is 0 Å². The maximum Gasteiger partial charge on any atom is 0.265 e. The number of alkyl halides is 2. The summed E-state index contributed by atoms with van der Waals surface area (Å²) in [5.74, 6) is 0. The van der Waals surface area contributed by atoms with Gasteiger partial charge in [-0.2, -0.15) is 0 Å². The molecule has 1 aromatic rings. The lowest BCUT2D eigenvalue weighted by Crippen LogP contribution is -2.31. The Balaban J connectivity index is 2.40. The summed E-state index contributed by atoms with van der Waals surface area (Å²) in [4.78, 5) is 0. The Morgan fingerprint density at radius 2 is 1.94 bits per heavy atom. The van der Waals surface area contributed by atoms with Gasteiger partial charge in [0.1, 0.15) is 6.10 Å². The van der Waals surface area contributed by atoms with Crippen LogP contribution < -0.4 is 5.32 Å². The van der Waals surface area contributed by atoms with E-state index in [0.29, 0.717) is 6.54 Å². The predicted molar refractivity (Wildman–Crippen MR) is 59.6 cm³/mol. The Bertz CT molecular complexity index is 342. The first-order valence-electron chi connectivity index (χ1n) is 5.23. The Morgan fingerprint density at radius 3 is 2.50 bits per heavy atom. The molecule has 0 aliphatic carbocycles. The van der Waals surface area contributed by atoms with Crippen LogP contribution in [0, 0.1) is 13.8 Å². The van der Waals surface area contributed by atoms with Crippen molar-refractivity contribution >= 4 is 0 Å². The Hall–Kier alpha value is -1.00. The molecule has 0 amide bonds. The Morgan fingerprint density at radius 1 is 1.25 bits per heavy atom. The fraction of sp³-hybridized carbons (Fsp3) is 0.500. The largest absolute Gasteiger partial charge is 0.386 e. The monoisotopic (exact) mass is 229 g/mol. The number of aryl methyl sites for hydroxylation is 2. The SMILES string of the molecule is Cc1ccc(CNCC(O)C(F)F)cc1C. The standard InChI is InChI=1S/C12H17F2NO/c1-8-3-4-10(5-9(8)2)6-15-7-11(16)12(13)14/h3-5,11-12,15-16H,6-7H2,1-2H3. The molecular formula is C12H17F2NO. The molecule has 0 aliphatic rings. The molecule has 0 aromatic heterocycles. The highest BCUT2D eigenvalue weighted by atomic mass is 19.3. The van der Waals surface area contributed by atoms with E-state index >= 15 is 0 Å². The van der Waals surface area contributed by atoms with E-state index in [1.54, 1.807) is 0 Å². The van der Waals surface area contributed by atoms with Crippen LogP contribution in [0.4, 0.5) is 8.78 Å². The molecule has 2 nitrogen and oxygen atoms in total. The molecule has 1 atom stereocenters. The quantitative estimate of drug-likeness (QED) is 0.809. The van der Waals surface area contributed by atoms with E-state index in [1.807, 2.05) is 32.0 Å². The van der Waals surface area contributed by atoms with Gasteiger partial charge in [-0.05, 0) is 30.5 Å². The molecule has 4 heteroatoms. The van der Waals surface area contributed by atoms with Gasteiger partial charge in [0.25, 0.3) is 6.43 Å². The van der Waals surface area contributed by atoms with Crippen molar-refractivity contribution in [1.82, 2.24) is 5.32 Å². The number of hydrogen-bond acceptors (Lipinski definition) is 2. The fourth-order valence-electron chi connectivity index (χ4n) is 1.37. The number of halogens is 2. The number of aliphatic hydroxyl groups excluding tert-OH is 1. The van der Waals surface area contributed by atoms with E-state index in [9.17, 15) is 8.78 Å². The number of aliphatic hydroxyl groups is 1. The van der Waals surface area contributed by atoms with Crippen LogP contribution >= 0.6 is 0 Å². The maximum atomic E-state index is 12.0. The van der Waals surface area contributed by atoms with Crippen molar-refractivity contribution in [3.63, 3.8) is 0 Å². The normalized spacial score (nSPS) is 13.1. The first kappa shape index (κ1) is 13.1. The van der Waals surface area contributed by atoms with Crippen LogP contribution in [-0.2, 0) is 6.54 Å². The van der Waals surface area contributed by atoms with Crippen molar-refractivity contribution in [2.24, 2.45) is 0 Å². The highest BCUT2D eigenvalue weighted by Crippen LogP contribution is 2.09. The molecule has 1 rings (SSSR count). The number of rotatable bonds is 5. The van der Waals surface area contributed by atoms with Crippen LogP contribution in [0.15, 0.2) is 18.2 Å². The molecular weight excluding hydrogens is 212 g/mol. The minimum absolute atomic E-state index is 0.0927. The lowest BCUT2D eigenvalue weighted by molar-refractivity contribution is -0.00340. The third-order valence-electron chi connectivity index (χ3n) is 2.54. The molecule has 0 saturated heterocycles. The summed E-state index contributed by atoms with van der Waals surface area (Å²) in [6, 6.07) is 5.96. The average molecular weight is 229 g/mol. The van der Waals surface area contributed by atoms with Crippen molar-refractivity contribution in [2.75, 3.05) is 6.54 Å². The molecule has 0 radical (unpaired) electrons. The third kappa shape index (κ3) is 3.87. The molecule has 0 fully saturated rings. The summed E-state index contributed by atoms with van der Waals surface area (Å²) in [6.07, 6.45) is -4.28. The van der Waals surface area contributed by atoms with Crippen LogP contribution in [0.3, 0.4) is 0 Å². The maximum absolute atomic E-state index is 12.0. The van der Waals surface area contributed by atoms with Crippen molar-refractivity contribution in [2.45, 2.75) is 32.9 Å². The highest BCUT2D eigenvalue weighted by molar-refractivity contribution is 5.29. The van der Waals surface area contributed by atoms with Gasteiger partial charge in [0.05, 0.1) is 0 Å². The molecule has 0 saturated carbocycles. The lowest BCUT2D eigenvalue weighted by atomic mass is 10.1. The van der Waals surface area contributed by atoms with E-state index < -0.39 is 12.5 Å². The highest BCUT2D eigenvalue weighted by Gasteiger charge is 2.15. The van der Waals surface area contributed by atoms with Crippen LogP contribution in [0.25, 0.3) is 0 Å². The van der Waals surface area contributed by atoms with E-state index in [-0.39, 0.29) is 6.54 Å². The second-order valence-corrected chi connectivity index (χ2v) is 3.95. The van der Waals surface area contributed by atoms with Crippen molar-refractivity contribution < 1.29 is 13.9 Å². The van der Waals surface area contributed by atoms with Crippen molar-refractivity contribution in [3.8, 4) is 0 Å².